The van der Waals surface area contributed by atoms with E-state index < -0.39 is 12.1 Å². The molecule has 0 aromatic rings. The Morgan fingerprint density at radius 3 is 2.50 bits per heavy atom. The van der Waals surface area contributed by atoms with E-state index in [1.807, 2.05) is 22.6 Å². The summed E-state index contributed by atoms with van der Waals surface area (Å²) in [7, 11) is 1.27. The lowest BCUT2D eigenvalue weighted by atomic mass is 10.1. The third kappa shape index (κ3) is 2.94. The minimum Gasteiger partial charge on any atom is -0.466 e. The van der Waals surface area contributed by atoms with Crippen molar-refractivity contribution in [1.82, 2.24) is 0 Å². The van der Waals surface area contributed by atoms with Crippen molar-refractivity contribution in [3.8, 4) is 0 Å². The van der Waals surface area contributed by atoms with Gasteiger partial charge in [0.05, 0.1) is 12.7 Å². The maximum Gasteiger partial charge on any atom is 0.337 e. The van der Waals surface area contributed by atoms with Crippen LogP contribution in [0.15, 0.2) is 21.8 Å². The van der Waals surface area contributed by atoms with Gasteiger partial charge in [0.1, 0.15) is 6.10 Å². The Kier molecular flexibility index (Phi) is 5.16. The number of aliphatic hydroxyl groups is 1. The molecule has 0 aromatic heterocycles. The van der Waals surface area contributed by atoms with E-state index in [2.05, 4.69) is 11.3 Å². The molecule has 1 unspecified atom stereocenters. The molecule has 0 aromatic carbocycles. The zero-order chi connectivity index (χ0) is 9.72. The monoisotopic (exact) mass is 282 g/mol. The number of hydrogen-bond donors (Lipinski definition) is 1. The number of carbonyl (C=O) groups excluding carboxylic acids is 1. The Bertz CT molecular complexity index is 220. The van der Waals surface area contributed by atoms with Gasteiger partial charge in [-0.1, -0.05) is 29.2 Å². The minimum atomic E-state index is -0.936. The largest absolute Gasteiger partial charge is 0.466 e. The first-order valence-corrected chi connectivity index (χ1v) is 4.51. The highest BCUT2D eigenvalue weighted by Crippen LogP contribution is 2.13. The quantitative estimate of drug-likeness (QED) is 0.368. The lowest BCUT2D eigenvalue weighted by molar-refractivity contribution is -0.137. The zero-order valence-corrected chi connectivity index (χ0v) is 9.16. The van der Waals surface area contributed by atoms with Crippen LogP contribution >= 0.6 is 22.6 Å². The molecule has 0 aliphatic carbocycles. The number of aliphatic hydroxyl groups excluding tert-OH is 1. The number of halogens is 1. The van der Waals surface area contributed by atoms with Crippen molar-refractivity contribution in [1.29, 1.82) is 0 Å². The molecule has 0 aliphatic heterocycles. The maximum atomic E-state index is 11.0. The molecule has 0 radical (unpaired) electrons. The summed E-state index contributed by atoms with van der Waals surface area (Å²) >= 11 is 1.87. The van der Waals surface area contributed by atoms with Gasteiger partial charge >= 0.3 is 5.97 Å². The van der Waals surface area contributed by atoms with E-state index in [9.17, 15) is 9.90 Å². The standard InChI is InChI=1S/C8H11IO3/c1-5(2)7(10)6(4-9)8(11)12-3/h4,7,10H,1H2,2-3H3. The van der Waals surface area contributed by atoms with Crippen LogP contribution in [0.4, 0.5) is 0 Å². The van der Waals surface area contributed by atoms with Crippen molar-refractivity contribution >= 4 is 28.6 Å². The molecular formula is C8H11IO3. The fraction of sp³-hybridized carbons (Fsp3) is 0.375. The smallest absolute Gasteiger partial charge is 0.337 e. The van der Waals surface area contributed by atoms with Gasteiger partial charge < -0.3 is 9.84 Å². The second-order valence-corrected chi connectivity index (χ2v) is 2.93. The Morgan fingerprint density at radius 2 is 2.25 bits per heavy atom. The topological polar surface area (TPSA) is 46.5 Å². The number of methoxy groups -OCH3 is 1. The molecule has 0 aliphatic rings. The lowest BCUT2D eigenvalue weighted by Crippen LogP contribution is -2.19. The number of hydrogen-bond acceptors (Lipinski definition) is 3. The summed E-state index contributed by atoms with van der Waals surface area (Å²) in [4.78, 5) is 11.0. The molecule has 0 spiro atoms. The first-order valence-electron chi connectivity index (χ1n) is 3.26. The van der Waals surface area contributed by atoms with Crippen LogP contribution in [0, 0.1) is 0 Å². The maximum absolute atomic E-state index is 11.0. The average molecular weight is 282 g/mol. The summed E-state index contributed by atoms with van der Waals surface area (Å²) in [5.74, 6) is -0.528. The number of ether oxygens (including phenoxy) is 1. The predicted octanol–water partition coefficient (Wildman–Crippen LogP) is 1.42. The van der Waals surface area contributed by atoms with Crippen LogP contribution in [0.5, 0.6) is 0 Å². The molecule has 0 heterocycles. The van der Waals surface area contributed by atoms with E-state index in [0.717, 1.165) is 0 Å². The molecule has 4 heteroatoms. The first kappa shape index (κ1) is 11.6. The summed E-state index contributed by atoms with van der Waals surface area (Å²) < 4.78 is 5.95. The molecule has 3 nitrogen and oxygen atoms in total. The van der Waals surface area contributed by atoms with E-state index in [4.69, 9.17) is 0 Å². The summed E-state index contributed by atoms with van der Waals surface area (Å²) in [6, 6.07) is 0. The van der Waals surface area contributed by atoms with E-state index in [1.54, 1.807) is 6.92 Å². The van der Waals surface area contributed by atoms with Gasteiger partial charge in [0, 0.05) is 0 Å². The fourth-order valence-electron chi connectivity index (χ4n) is 0.599. The van der Waals surface area contributed by atoms with Crippen LogP contribution < -0.4 is 0 Å². The Labute approximate surface area is 85.2 Å². The van der Waals surface area contributed by atoms with Gasteiger partial charge in [-0.25, -0.2) is 4.79 Å². The molecule has 1 N–H and O–H groups in total. The summed E-state index contributed by atoms with van der Waals surface area (Å²) in [5.41, 5.74) is 0.730. The van der Waals surface area contributed by atoms with E-state index in [0.29, 0.717) is 5.57 Å². The zero-order valence-electron chi connectivity index (χ0n) is 7.00. The van der Waals surface area contributed by atoms with Crippen LogP contribution in [0.3, 0.4) is 0 Å². The number of rotatable bonds is 3. The van der Waals surface area contributed by atoms with Crippen molar-refractivity contribution in [3.05, 3.63) is 21.8 Å². The van der Waals surface area contributed by atoms with E-state index in [-0.39, 0.29) is 5.57 Å². The molecular weight excluding hydrogens is 271 g/mol. The Morgan fingerprint density at radius 1 is 1.75 bits per heavy atom. The average Bonchev–Trinajstić information content (AvgIpc) is 2.05. The van der Waals surface area contributed by atoms with Crippen LogP contribution in [-0.2, 0) is 9.53 Å². The van der Waals surface area contributed by atoms with Gasteiger partial charge in [-0.15, -0.1) is 0 Å². The lowest BCUT2D eigenvalue weighted by Gasteiger charge is -2.11. The highest BCUT2D eigenvalue weighted by atomic mass is 127. The normalized spacial score (nSPS) is 13.8. The van der Waals surface area contributed by atoms with Crippen LogP contribution in [0.2, 0.25) is 0 Å². The van der Waals surface area contributed by atoms with Crippen molar-refractivity contribution < 1.29 is 14.6 Å². The summed E-state index contributed by atoms with van der Waals surface area (Å²) in [6.45, 7) is 5.19. The van der Waals surface area contributed by atoms with Crippen molar-refractivity contribution in [2.24, 2.45) is 0 Å². The Balaban J connectivity index is 4.58. The second-order valence-electron chi connectivity index (χ2n) is 2.30. The van der Waals surface area contributed by atoms with Gasteiger partial charge in [-0.05, 0) is 16.6 Å². The number of esters is 1. The third-order valence-electron chi connectivity index (χ3n) is 1.30. The molecule has 0 amide bonds. The molecule has 0 saturated heterocycles. The van der Waals surface area contributed by atoms with Crippen LogP contribution in [0.1, 0.15) is 6.92 Å². The molecule has 68 valence electrons. The van der Waals surface area contributed by atoms with Crippen LogP contribution in [-0.4, -0.2) is 24.3 Å². The Hall–Kier alpha value is -0.360. The van der Waals surface area contributed by atoms with Gasteiger partial charge in [0.25, 0.3) is 0 Å². The summed E-state index contributed by atoms with van der Waals surface area (Å²) in [5, 5.41) is 9.41. The molecule has 0 fully saturated rings. The third-order valence-corrected chi connectivity index (χ3v) is 1.97. The fourth-order valence-corrected chi connectivity index (χ4v) is 1.19. The minimum absolute atomic E-state index is 0.214. The van der Waals surface area contributed by atoms with Crippen LogP contribution in [0.25, 0.3) is 0 Å². The molecule has 12 heavy (non-hydrogen) atoms. The molecule has 0 bridgehead atoms. The first-order chi connectivity index (χ1) is 5.54. The van der Waals surface area contributed by atoms with Gasteiger partial charge in [0.2, 0.25) is 0 Å². The van der Waals surface area contributed by atoms with Crippen molar-refractivity contribution in [2.45, 2.75) is 13.0 Å². The predicted molar refractivity (Wildman–Crippen MR) is 54.9 cm³/mol. The second kappa shape index (κ2) is 5.31. The molecule has 0 saturated carbocycles. The van der Waals surface area contributed by atoms with Gasteiger partial charge in [0.15, 0.2) is 0 Å². The highest BCUT2D eigenvalue weighted by Gasteiger charge is 2.18. The highest BCUT2D eigenvalue weighted by molar-refractivity contribution is 14.1. The number of carbonyl (C=O) groups is 1. The van der Waals surface area contributed by atoms with Crippen molar-refractivity contribution in [3.63, 3.8) is 0 Å². The van der Waals surface area contributed by atoms with E-state index >= 15 is 0 Å². The van der Waals surface area contributed by atoms with Gasteiger partial charge in [-0.2, -0.15) is 0 Å². The molecule has 1 atom stereocenters. The summed E-state index contributed by atoms with van der Waals surface area (Å²) in [6.07, 6.45) is -0.936. The van der Waals surface area contributed by atoms with Gasteiger partial charge in [-0.3, -0.25) is 0 Å². The van der Waals surface area contributed by atoms with E-state index in [1.165, 1.54) is 11.2 Å². The van der Waals surface area contributed by atoms with Crippen molar-refractivity contribution in [2.75, 3.05) is 7.11 Å². The SMILES string of the molecule is C=C(C)C(O)C(=CI)C(=O)OC. The molecule has 0 rings (SSSR count).